The fourth-order valence-electron chi connectivity index (χ4n) is 6.75. The van der Waals surface area contributed by atoms with Crippen molar-refractivity contribution in [2.24, 2.45) is 0 Å². The molecule has 4 aromatic rings. The van der Waals surface area contributed by atoms with Crippen LogP contribution in [0.2, 0.25) is 0 Å². The van der Waals surface area contributed by atoms with Gasteiger partial charge in [-0.25, -0.2) is 0 Å². The van der Waals surface area contributed by atoms with Crippen LogP contribution in [0.25, 0.3) is 11.1 Å². The smallest absolute Gasteiger partial charge is 0.0385 e. The van der Waals surface area contributed by atoms with Crippen LogP contribution in [0.4, 0.5) is 17.1 Å². The zero-order valence-corrected chi connectivity index (χ0v) is 26.8. The number of benzene rings is 4. The minimum Gasteiger partial charge on any atom is -0.399 e. The van der Waals surface area contributed by atoms with Crippen LogP contribution in [-0.4, -0.2) is 0 Å². The molecule has 0 saturated heterocycles. The van der Waals surface area contributed by atoms with Crippen molar-refractivity contribution in [2.75, 3.05) is 11.1 Å². The van der Waals surface area contributed by atoms with E-state index in [1.165, 1.54) is 101 Å². The van der Waals surface area contributed by atoms with Crippen LogP contribution in [-0.2, 0) is 5.41 Å². The highest BCUT2D eigenvalue weighted by molar-refractivity contribution is 5.81. The predicted molar refractivity (Wildman–Crippen MR) is 189 cm³/mol. The molecule has 0 atom stereocenters. The number of para-hydroxylation sites is 1. The molecule has 0 radical (unpaired) electrons. The number of unbranched alkanes of at least 4 members (excludes halogenated alkanes) is 10. The lowest BCUT2D eigenvalue weighted by atomic mass is 9.70. The summed E-state index contributed by atoms with van der Waals surface area (Å²) >= 11 is 0. The average Bonchev–Trinajstić information content (AvgIpc) is 3.32. The van der Waals surface area contributed by atoms with Gasteiger partial charge in [-0.05, 0) is 71.5 Å². The van der Waals surface area contributed by atoms with E-state index in [2.05, 4.69) is 67.7 Å². The van der Waals surface area contributed by atoms with Crippen molar-refractivity contribution >= 4 is 17.1 Å². The van der Waals surface area contributed by atoms with E-state index >= 15 is 0 Å². The normalized spacial score (nSPS) is 12.6. The third-order valence-corrected chi connectivity index (χ3v) is 9.06. The molecule has 0 fully saturated rings. The van der Waals surface area contributed by atoms with E-state index in [0.717, 1.165) is 17.1 Å². The van der Waals surface area contributed by atoms with Gasteiger partial charge in [0.05, 0.1) is 0 Å². The Bertz CT molecular complexity index is 1260. The van der Waals surface area contributed by atoms with Crippen LogP contribution in [0.15, 0.2) is 103 Å². The Morgan fingerprint density at radius 1 is 0.465 bits per heavy atom. The first-order valence-electron chi connectivity index (χ1n) is 17.0. The molecule has 228 valence electrons. The quantitative estimate of drug-likeness (QED) is 0.103. The number of rotatable bonds is 16. The molecular weight excluding hydrogens is 520 g/mol. The Morgan fingerprint density at radius 2 is 0.884 bits per heavy atom. The monoisotopic (exact) mass is 574 g/mol. The number of hydrogen-bond donors (Lipinski definition) is 2. The molecule has 43 heavy (non-hydrogen) atoms. The number of nitrogens with one attached hydrogen (secondary N) is 1. The molecular formula is C41H54N2. The van der Waals surface area contributed by atoms with Crippen LogP contribution in [0.5, 0.6) is 0 Å². The number of hydrogen-bond acceptors (Lipinski definition) is 2. The van der Waals surface area contributed by atoms with Crippen molar-refractivity contribution in [3.63, 3.8) is 0 Å². The Balaban J connectivity index is 0.000000251. The van der Waals surface area contributed by atoms with Crippen molar-refractivity contribution in [3.05, 3.63) is 114 Å². The molecule has 0 unspecified atom stereocenters. The number of nitrogen functional groups attached to an aromatic ring is 1. The van der Waals surface area contributed by atoms with Gasteiger partial charge in [-0.2, -0.15) is 0 Å². The maximum atomic E-state index is 5.59. The standard InChI is InChI=1S/C29H42.C12H12N2/c1-3-5-7-9-11-17-23-29(24-18-12-10-8-6-4-2)27-21-15-13-19-25(27)26-20-14-16-22-28(26)29;13-10-6-8-12(9-7-10)14-11-4-2-1-3-5-11/h13-16,19-22H,3-12,17-18,23-24H2,1-2H3;1-9,14H,13H2. The van der Waals surface area contributed by atoms with Crippen LogP contribution >= 0.6 is 0 Å². The molecule has 4 aromatic carbocycles. The van der Waals surface area contributed by atoms with Gasteiger partial charge in [0.25, 0.3) is 0 Å². The van der Waals surface area contributed by atoms with E-state index < -0.39 is 0 Å². The van der Waals surface area contributed by atoms with E-state index in [0.29, 0.717) is 0 Å². The van der Waals surface area contributed by atoms with Gasteiger partial charge >= 0.3 is 0 Å². The average molecular weight is 575 g/mol. The van der Waals surface area contributed by atoms with Crippen molar-refractivity contribution in [1.29, 1.82) is 0 Å². The highest BCUT2D eigenvalue weighted by Gasteiger charge is 2.41. The highest BCUT2D eigenvalue weighted by Crippen LogP contribution is 2.54. The van der Waals surface area contributed by atoms with Gasteiger partial charge in [-0.1, -0.05) is 158 Å². The second-order valence-electron chi connectivity index (χ2n) is 12.3. The first-order valence-corrected chi connectivity index (χ1v) is 17.0. The molecule has 0 heterocycles. The van der Waals surface area contributed by atoms with Crippen LogP contribution in [0, 0.1) is 0 Å². The fraction of sp³-hybridized carbons (Fsp3) is 0.415. The molecule has 1 aliphatic carbocycles. The maximum Gasteiger partial charge on any atom is 0.0385 e. The van der Waals surface area contributed by atoms with Crippen molar-refractivity contribution in [1.82, 2.24) is 0 Å². The van der Waals surface area contributed by atoms with Crippen LogP contribution < -0.4 is 11.1 Å². The first kappa shape index (κ1) is 32.4. The summed E-state index contributed by atoms with van der Waals surface area (Å²) in [6, 6.07) is 36.3. The molecule has 0 aromatic heterocycles. The molecule has 0 spiro atoms. The third kappa shape index (κ3) is 9.23. The summed E-state index contributed by atoms with van der Waals surface area (Å²) in [7, 11) is 0. The maximum absolute atomic E-state index is 5.59. The second kappa shape index (κ2) is 17.6. The van der Waals surface area contributed by atoms with E-state index in [9.17, 15) is 0 Å². The van der Waals surface area contributed by atoms with Crippen molar-refractivity contribution in [2.45, 2.75) is 109 Å². The summed E-state index contributed by atoms with van der Waals surface area (Å²) < 4.78 is 0. The summed E-state index contributed by atoms with van der Waals surface area (Å²) in [4.78, 5) is 0. The van der Waals surface area contributed by atoms with E-state index in [1.807, 2.05) is 54.6 Å². The molecule has 2 heteroatoms. The summed E-state index contributed by atoms with van der Waals surface area (Å²) in [5, 5.41) is 3.28. The van der Waals surface area contributed by atoms with Crippen molar-refractivity contribution < 1.29 is 0 Å². The minimum absolute atomic E-state index is 0.253. The molecule has 0 bridgehead atoms. The van der Waals surface area contributed by atoms with Gasteiger partial charge < -0.3 is 11.1 Å². The third-order valence-electron chi connectivity index (χ3n) is 9.06. The fourth-order valence-corrected chi connectivity index (χ4v) is 6.75. The molecule has 5 rings (SSSR count). The SMILES string of the molecule is CCCCCCCCC1(CCCCCCCC)c2ccccc2-c2ccccc21.Nc1ccc(Nc2ccccc2)cc1. The summed E-state index contributed by atoms with van der Waals surface area (Å²) in [6.07, 6.45) is 19.3. The zero-order valence-electron chi connectivity index (χ0n) is 26.8. The van der Waals surface area contributed by atoms with E-state index in [4.69, 9.17) is 5.73 Å². The molecule has 2 nitrogen and oxygen atoms in total. The second-order valence-corrected chi connectivity index (χ2v) is 12.3. The molecule has 0 amide bonds. The van der Waals surface area contributed by atoms with Gasteiger partial charge in [-0.3, -0.25) is 0 Å². The summed E-state index contributed by atoms with van der Waals surface area (Å²) in [6.45, 7) is 4.61. The van der Waals surface area contributed by atoms with Crippen LogP contribution in [0.1, 0.15) is 115 Å². The Hall–Kier alpha value is -3.52. The topological polar surface area (TPSA) is 38.0 Å². The van der Waals surface area contributed by atoms with Gasteiger partial charge in [0.15, 0.2) is 0 Å². The summed E-state index contributed by atoms with van der Waals surface area (Å²) in [5.41, 5.74) is 15.0. The number of nitrogens with two attached hydrogens (primary N) is 1. The molecule has 1 aliphatic rings. The highest BCUT2D eigenvalue weighted by atomic mass is 14.9. The Morgan fingerprint density at radius 3 is 1.40 bits per heavy atom. The van der Waals surface area contributed by atoms with E-state index in [1.54, 1.807) is 11.1 Å². The Labute approximate surface area is 262 Å². The van der Waals surface area contributed by atoms with Gasteiger partial charge in [-0.15, -0.1) is 0 Å². The van der Waals surface area contributed by atoms with Crippen LogP contribution in [0.3, 0.4) is 0 Å². The summed E-state index contributed by atoms with van der Waals surface area (Å²) in [5.74, 6) is 0. The Kier molecular flexibility index (Phi) is 13.2. The molecule has 3 N–H and O–H groups in total. The van der Waals surface area contributed by atoms with Gasteiger partial charge in [0, 0.05) is 22.5 Å². The first-order chi connectivity index (χ1) is 21.2. The zero-order chi connectivity index (χ0) is 30.2. The van der Waals surface area contributed by atoms with Gasteiger partial charge in [0.2, 0.25) is 0 Å². The van der Waals surface area contributed by atoms with Gasteiger partial charge in [0.1, 0.15) is 0 Å². The molecule has 0 saturated carbocycles. The van der Waals surface area contributed by atoms with Crippen molar-refractivity contribution in [3.8, 4) is 11.1 Å². The number of fused-ring (bicyclic) bond motifs is 3. The van der Waals surface area contributed by atoms with E-state index in [-0.39, 0.29) is 5.41 Å². The lowest BCUT2D eigenvalue weighted by molar-refractivity contribution is 0.398. The molecule has 0 aliphatic heterocycles. The number of anilines is 3. The largest absolute Gasteiger partial charge is 0.399 e. The minimum atomic E-state index is 0.253. The predicted octanol–water partition coefficient (Wildman–Crippen LogP) is 12.5. The lowest BCUT2D eigenvalue weighted by Gasteiger charge is -2.33. The lowest BCUT2D eigenvalue weighted by Crippen LogP contribution is -2.25.